The van der Waals surface area contributed by atoms with Gasteiger partial charge in [-0.05, 0) is 54.3 Å². The van der Waals surface area contributed by atoms with Gasteiger partial charge in [0.15, 0.2) is 11.5 Å². The summed E-state index contributed by atoms with van der Waals surface area (Å²) >= 11 is 0. The van der Waals surface area contributed by atoms with Crippen LogP contribution in [0.1, 0.15) is 31.9 Å². The average molecular weight is 485 g/mol. The maximum atomic E-state index is 13.3. The van der Waals surface area contributed by atoms with E-state index in [1.54, 1.807) is 12.1 Å². The SMILES string of the molecule is CC(C)CCNC(=O)C(=O)NC[C@@H](c1ccc2c(c1)OCO2)N1CCN(c2ccc(F)cc2)CC1. The van der Waals surface area contributed by atoms with Gasteiger partial charge in [-0.25, -0.2) is 4.39 Å². The molecule has 8 nitrogen and oxygen atoms in total. The molecule has 0 aliphatic carbocycles. The molecular weight excluding hydrogens is 451 g/mol. The number of nitrogens with one attached hydrogen (secondary N) is 2. The van der Waals surface area contributed by atoms with Crippen molar-refractivity contribution in [2.24, 2.45) is 5.92 Å². The third-order valence-corrected chi connectivity index (χ3v) is 6.40. The molecule has 2 N–H and O–H groups in total. The molecule has 2 aromatic rings. The molecule has 1 atom stereocenters. The highest BCUT2D eigenvalue weighted by atomic mass is 19.1. The minimum atomic E-state index is -0.635. The molecule has 0 spiro atoms. The Bertz CT molecular complexity index is 1020. The van der Waals surface area contributed by atoms with Crippen molar-refractivity contribution < 1.29 is 23.5 Å². The van der Waals surface area contributed by atoms with Gasteiger partial charge in [0.25, 0.3) is 0 Å². The number of piperazine rings is 1. The topological polar surface area (TPSA) is 83.1 Å². The van der Waals surface area contributed by atoms with Crippen LogP contribution in [-0.4, -0.2) is 62.8 Å². The highest BCUT2D eigenvalue weighted by Crippen LogP contribution is 2.35. The summed E-state index contributed by atoms with van der Waals surface area (Å²) in [4.78, 5) is 29.2. The van der Waals surface area contributed by atoms with Gasteiger partial charge < -0.3 is 25.0 Å². The van der Waals surface area contributed by atoms with Crippen LogP contribution in [0.3, 0.4) is 0 Å². The second-order valence-corrected chi connectivity index (χ2v) is 9.28. The monoisotopic (exact) mass is 484 g/mol. The van der Waals surface area contributed by atoms with Crippen LogP contribution in [0.25, 0.3) is 0 Å². The zero-order chi connectivity index (χ0) is 24.8. The Kier molecular flexibility index (Phi) is 8.07. The summed E-state index contributed by atoms with van der Waals surface area (Å²) in [6.45, 7) is 8.09. The molecule has 1 fully saturated rings. The number of carbonyl (C=O) groups is 2. The van der Waals surface area contributed by atoms with Gasteiger partial charge in [0.05, 0.1) is 6.04 Å². The predicted octanol–water partition coefficient (Wildman–Crippen LogP) is 2.70. The number of hydrogen-bond acceptors (Lipinski definition) is 6. The third-order valence-electron chi connectivity index (χ3n) is 6.40. The van der Waals surface area contributed by atoms with Gasteiger partial charge in [0.1, 0.15) is 5.82 Å². The van der Waals surface area contributed by atoms with E-state index in [0.717, 1.165) is 43.9 Å². The molecule has 0 bridgehead atoms. The lowest BCUT2D eigenvalue weighted by molar-refractivity contribution is -0.139. The summed E-state index contributed by atoms with van der Waals surface area (Å²) in [5.41, 5.74) is 1.96. The second-order valence-electron chi connectivity index (χ2n) is 9.28. The fourth-order valence-electron chi connectivity index (χ4n) is 4.35. The summed E-state index contributed by atoms with van der Waals surface area (Å²) in [7, 11) is 0. The average Bonchev–Trinajstić information content (AvgIpc) is 3.33. The summed E-state index contributed by atoms with van der Waals surface area (Å²) in [5, 5.41) is 5.50. The number of benzene rings is 2. The number of fused-ring (bicyclic) bond motifs is 1. The van der Waals surface area contributed by atoms with Gasteiger partial charge in [-0.2, -0.15) is 0 Å². The Morgan fingerprint density at radius 2 is 1.63 bits per heavy atom. The molecule has 35 heavy (non-hydrogen) atoms. The quantitative estimate of drug-likeness (QED) is 0.561. The molecule has 2 aliphatic rings. The normalized spacial score (nSPS) is 16.3. The van der Waals surface area contributed by atoms with Gasteiger partial charge in [-0.1, -0.05) is 19.9 Å². The van der Waals surface area contributed by atoms with E-state index in [4.69, 9.17) is 9.47 Å². The first kappa shape index (κ1) is 24.8. The van der Waals surface area contributed by atoms with Crippen molar-refractivity contribution in [2.75, 3.05) is 51.0 Å². The third kappa shape index (κ3) is 6.42. The predicted molar refractivity (Wildman–Crippen MR) is 131 cm³/mol. The van der Waals surface area contributed by atoms with Crippen molar-refractivity contribution in [3.8, 4) is 11.5 Å². The summed E-state index contributed by atoms with van der Waals surface area (Å²) in [6, 6.07) is 12.2. The smallest absolute Gasteiger partial charge is 0.309 e. The van der Waals surface area contributed by atoms with Gasteiger partial charge >= 0.3 is 11.8 Å². The number of carbonyl (C=O) groups excluding carboxylic acids is 2. The molecule has 2 heterocycles. The van der Waals surface area contributed by atoms with Crippen LogP contribution in [0.15, 0.2) is 42.5 Å². The van der Waals surface area contributed by atoms with Crippen LogP contribution in [0.5, 0.6) is 11.5 Å². The van der Waals surface area contributed by atoms with E-state index in [0.29, 0.717) is 24.0 Å². The fraction of sp³-hybridized carbons (Fsp3) is 0.462. The van der Waals surface area contributed by atoms with Crippen molar-refractivity contribution in [3.05, 3.63) is 53.8 Å². The molecule has 4 rings (SSSR count). The lowest BCUT2D eigenvalue weighted by Crippen LogP contribution is -2.51. The largest absolute Gasteiger partial charge is 0.454 e. The van der Waals surface area contributed by atoms with Crippen molar-refractivity contribution in [2.45, 2.75) is 26.3 Å². The zero-order valence-corrected chi connectivity index (χ0v) is 20.3. The van der Waals surface area contributed by atoms with E-state index in [2.05, 4.69) is 34.3 Å². The number of ether oxygens (including phenoxy) is 2. The first-order chi connectivity index (χ1) is 16.9. The van der Waals surface area contributed by atoms with E-state index in [1.807, 2.05) is 18.2 Å². The molecule has 2 amide bonds. The molecule has 2 aliphatic heterocycles. The second kappa shape index (κ2) is 11.4. The van der Waals surface area contributed by atoms with E-state index in [9.17, 15) is 14.0 Å². The first-order valence-corrected chi connectivity index (χ1v) is 12.1. The maximum Gasteiger partial charge on any atom is 0.309 e. The molecule has 2 aromatic carbocycles. The van der Waals surface area contributed by atoms with Crippen molar-refractivity contribution in [3.63, 3.8) is 0 Å². The molecule has 188 valence electrons. The fourth-order valence-corrected chi connectivity index (χ4v) is 4.35. The Balaban J connectivity index is 1.42. The number of nitrogens with zero attached hydrogens (tertiary/aromatic N) is 2. The maximum absolute atomic E-state index is 13.3. The zero-order valence-electron chi connectivity index (χ0n) is 20.3. The standard InChI is InChI=1S/C26H33FN4O4/c1-18(2)9-10-28-25(32)26(33)29-16-22(19-3-8-23-24(15-19)35-17-34-23)31-13-11-30(12-14-31)21-6-4-20(27)5-7-21/h3-8,15,18,22H,9-14,16-17H2,1-2H3,(H,28,32)(H,29,33)/t22-/m0/s1. The number of halogens is 1. The van der Waals surface area contributed by atoms with Gasteiger partial charge in [-0.15, -0.1) is 0 Å². The van der Waals surface area contributed by atoms with Crippen LogP contribution >= 0.6 is 0 Å². The Labute approximate surface area is 205 Å². The van der Waals surface area contributed by atoms with E-state index >= 15 is 0 Å². The van der Waals surface area contributed by atoms with Crippen LogP contribution in [0, 0.1) is 11.7 Å². The first-order valence-electron chi connectivity index (χ1n) is 12.1. The van der Waals surface area contributed by atoms with Crippen molar-refractivity contribution >= 4 is 17.5 Å². The highest BCUT2D eigenvalue weighted by molar-refractivity contribution is 6.35. The highest BCUT2D eigenvalue weighted by Gasteiger charge is 2.28. The molecule has 0 unspecified atom stereocenters. The van der Waals surface area contributed by atoms with Gasteiger partial charge in [-0.3, -0.25) is 14.5 Å². The number of hydrogen-bond donors (Lipinski definition) is 2. The van der Waals surface area contributed by atoms with E-state index in [-0.39, 0.29) is 25.2 Å². The summed E-state index contributed by atoms with van der Waals surface area (Å²) < 4.78 is 24.3. The Hall–Kier alpha value is -3.33. The van der Waals surface area contributed by atoms with Crippen LogP contribution < -0.4 is 25.0 Å². The molecule has 0 saturated carbocycles. The van der Waals surface area contributed by atoms with Crippen molar-refractivity contribution in [1.29, 1.82) is 0 Å². The molecule has 9 heteroatoms. The van der Waals surface area contributed by atoms with Crippen molar-refractivity contribution in [1.82, 2.24) is 15.5 Å². The van der Waals surface area contributed by atoms with Crippen LogP contribution in [0.4, 0.5) is 10.1 Å². The number of rotatable bonds is 8. The summed E-state index contributed by atoms with van der Waals surface area (Å²) in [6.07, 6.45) is 0.817. The number of amides is 2. The van der Waals surface area contributed by atoms with Crippen LogP contribution in [-0.2, 0) is 9.59 Å². The van der Waals surface area contributed by atoms with E-state index < -0.39 is 11.8 Å². The molecule has 0 radical (unpaired) electrons. The Morgan fingerprint density at radius 1 is 0.943 bits per heavy atom. The van der Waals surface area contributed by atoms with Crippen LogP contribution in [0.2, 0.25) is 0 Å². The van der Waals surface area contributed by atoms with Gasteiger partial charge in [0, 0.05) is 45.0 Å². The molecule has 0 aromatic heterocycles. The molecule has 1 saturated heterocycles. The lowest BCUT2D eigenvalue weighted by Gasteiger charge is -2.40. The number of anilines is 1. The molecular formula is C26H33FN4O4. The van der Waals surface area contributed by atoms with E-state index in [1.165, 1.54) is 12.1 Å². The minimum absolute atomic E-state index is 0.146. The Morgan fingerprint density at radius 3 is 2.34 bits per heavy atom. The van der Waals surface area contributed by atoms with Gasteiger partial charge in [0.2, 0.25) is 6.79 Å². The summed E-state index contributed by atoms with van der Waals surface area (Å²) in [5.74, 6) is 0.319. The lowest BCUT2D eigenvalue weighted by atomic mass is 10.0. The minimum Gasteiger partial charge on any atom is -0.454 e.